The minimum atomic E-state index is -0.247. The predicted octanol–water partition coefficient (Wildman–Crippen LogP) is 5.55. The maximum Gasteiger partial charge on any atom is 0.410 e. The Morgan fingerprint density at radius 3 is 2.20 bits per heavy atom. The van der Waals surface area contributed by atoms with Gasteiger partial charge in [-0.05, 0) is 61.3 Å². The number of amides is 1. The number of aromatic nitrogens is 2. The van der Waals surface area contributed by atoms with Gasteiger partial charge in [-0.3, -0.25) is 9.78 Å². The van der Waals surface area contributed by atoms with Crippen molar-refractivity contribution in [3.05, 3.63) is 83.4 Å². The maximum absolute atomic E-state index is 13.4. The fourth-order valence-electron chi connectivity index (χ4n) is 6.35. The van der Waals surface area contributed by atoms with E-state index < -0.39 is 0 Å². The standard InChI is InChI=1S/C29H29N3O3/c1-18-15-30-16-27(31-18)28(33)19-13-20-7-6-8-21(14-19)32(20)29(34)35-17-26-24-11-4-2-9-22(24)23-10-3-5-12-25(23)26/h2-5,9-12,15-16,19-21,26H,6-8,13-14,17H2,1H3. The molecule has 3 aliphatic rings. The largest absolute Gasteiger partial charge is 0.448 e. The van der Waals surface area contributed by atoms with Gasteiger partial charge in [-0.25, -0.2) is 9.78 Å². The molecule has 2 aliphatic heterocycles. The summed E-state index contributed by atoms with van der Waals surface area (Å²) in [5, 5.41) is 0. The highest BCUT2D eigenvalue weighted by molar-refractivity contribution is 5.96. The molecule has 2 atom stereocenters. The Kier molecular flexibility index (Phi) is 5.59. The third-order valence-corrected chi connectivity index (χ3v) is 7.90. The molecule has 0 spiro atoms. The van der Waals surface area contributed by atoms with Crippen LogP contribution in [0.2, 0.25) is 0 Å². The molecule has 6 nitrogen and oxygen atoms in total. The Hall–Kier alpha value is -3.54. The van der Waals surface area contributed by atoms with Crippen molar-refractivity contribution in [1.29, 1.82) is 0 Å². The van der Waals surface area contributed by atoms with Crippen LogP contribution in [-0.2, 0) is 4.74 Å². The van der Waals surface area contributed by atoms with Crippen molar-refractivity contribution in [3.63, 3.8) is 0 Å². The van der Waals surface area contributed by atoms with Gasteiger partial charge in [0.05, 0.1) is 11.9 Å². The molecule has 0 N–H and O–H groups in total. The van der Waals surface area contributed by atoms with E-state index in [2.05, 4.69) is 46.4 Å². The van der Waals surface area contributed by atoms with Crippen molar-refractivity contribution in [1.82, 2.24) is 14.9 Å². The molecule has 2 unspecified atom stereocenters. The molecular formula is C29H29N3O3. The van der Waals surface area contributed by atoms with E-state index in [-0.39, 0.29) is 35.8 Å². The van der Waals surface area contributed by atoms with Crippen LogP contribution in [0, 0.1) is 12.8 Å². The van der Waals surface area contributed by atoms with E-state index in [0.717, 1.165) is 25.0 Å². The van der Waals surface area contributed by atoms with Crippen LogP contribution in [0.15, 0.2) is 60.9 Å². The van der Waals surface area contributed by atoms with Gasteiger partial charge in [0.15, 0.2) is 5.78 Å². The lowest BCUT2D eigenvalue weighted by Gasteiger charge is -2.47. The molecule has 6 rings (SSSR count). The molecule has 1 amide bonds. The van der Waals surface area contributed by atoms with Gasteiger partial charge in [-0.15, -0.1) is 0 Å². The SMILES string of the molecule is Cc1cncc(C(=O)C2CC3CCCC(C2)N3C(=O)OCC2c3ccccc3-c3ccccc32)n1. The molecule has 35 heavy (non-hydrogen) atoms. The second kappa shape index (κ2) is 8.91. The molecular weight excluding hydrogens is 438 g/mol. The van der Waals surface area contributed by atoms with Crippen LogP contribution in [0.1, 0.15) is 65.3 Å². The first kappa shape index (κ1) is 22.0. The number of aryl methyl sites for hydroxylation is 1. The van der Waals surface area contributed by atoms with Crippen molar-refractivity contribution in [2.24, 2.45) is 5.92 Å². The fraction of sp³-hybridized carbons (Fsp3) is 0.379. The molecule has 1 aliphatic carbocycles. The van der Waals surface area contributed by atoms with Gasteiger partial charge in [0.2, 0.25) is 0 Å². The lowest BCUT2D eigenvalue weighted by molar-refractivity contribution is 0.00640. The zero-order valence-electron chi connectivity index (χ0n) is 19.9. The van der Waals surface area contributed by atoms with E-state index in [1.807, 2.05) is 24.0 Å². The van der Waals surface area contributed by atoms with Crippen LogP contribution in [0.5, 0.6) is 0 Å². The Bertz CT molecular complexity index is 1230. The van der Waals surface area contributed by atoms with Crippen LogP contribution in [0.4, 0.5) is 4.79 Å². The Balaban J connectivity index is 1.17. The number of nitrogens with zero attached hydrogens (tertiary/aromatic N) is 3. The smallest absolute Gasteiger partial charge is 0.410 e. The first-order chi connectivity index (χ1) is 17.1. The van der Waals surface area contributed by atoms with Crippen molar-refractivity contribution in [2.45, 2.75) is 57.0 Å². The van der Waals surface area contributed by atoms with Gasteiger partial charge < -0.3 is 9.64 Å². The number of ketones is 1. The van der Waals surface area contributed by atoms with Crippen molar-refractivity contribution in [3.8, 4) is 11.1 Å². The minimum Gasteiger partial charge on any atom is -0.448 e. The minimum absolute atomic E-state index is 0.0323. The molecule has 3 aromatic rings. The molecule has 6 heteroatoms. The Labute approximate surface area is 205 Å². The summed E-state index contributed by atoms with van der Waals surface area (Å²) >= 11 is 0. The van der Waals surface area contributed by atoms with E-state index in [0.29, 0.717) is 25.1 Å². The fourth-order valence-corrected chi connectivity index (χ4v) is 6.35. The summed E-state index contributed by atoms with van der Waals surface area (Å²) in [5.41, 5.74) is 6.05. The number of Topliss-reactive ketones (excluding diaryl/α,β-unsaturated/α-hetero) is 1. The quantitative estimate of drug-likeness (QED) is 0.471. The average molecular weight is 468 g/mol. The van der Waals surface area contributed by atoms with Gasteiger partial charge in [0.25, 0.3) is 0 Å². The highest BCUT2D eigenvalue weighted by Gasteiger charge is 2.44. The van der Waals surface area contributed by atoms with Crippen LogP contribution in [0.3, 0.4) is 0 Å². The van der Waals surface area contributed by atoms with Gasteiger partial charge in [0.1, 0.15) is 12.3 Å². The normalized spacial score (nSPS) is 22.9. The zero-order chi connectivity index (χ0) is 23.9. The summed E-state index contributed by atoms with van der Waals surface area (Å²) in [6, 6.07) is 16.8. The number of benzene rings is 2. The predicted molar refractivity (Wildman–Crippen MR) is 132 cm³/mol. The summed E-state index contributed by atoms with van der Waals surface area (Å²) in [4.78, 5) is 37.0. The topological polar surface area (TPSA) is 72.4 Å². The molecule has 178 valence electrons. The Morgan fingerprint density at radius 1 is 0.943 bits per heavy atom. The van der Waals surface area contributed by atoms with Gasteiger partial charge in [0, 0.05) is 30.1 Å². The van der Waals surface area contributed by atoms with Crippen LogP contribution in [-0.4, -0.2) is 45.4 Å². The maximum atomic E-state index is 13.4. The summed E-state index contributed by atoms with van der Waals surface area (Å²) in [6.45, 7) is 2.17. The third kappa shape index (κ3) is 3.91. The van der Waals surface area contributed by atoms with Crippen molar-refractivity contribution in [2.75, 3.05) is 6.61 Å². The highest BCUT2D eigenvalue weighted by Crippen LogP contribution is 2.45. The summed E-state index contributed by atoms with van der Waals surface area (Å²) in [7, 11) is 0. The number of hydrogen-bond acceptors (Lipinski definition) is 5. The van der Waals surface area contributed by atoms with E-state index in [1.165, 1.54) is 22.3 Å². The zero-order valence-corrected chi connectivity index (χ0v) is 19.9. The molecule has 3 heterocycles. The molecule has 2 aromatic carbocycles. The first-order valence-corrected chi connectivity index (χ1v) is 12.6. The van der Waals surface area contributed by atoms with Crippen LogP contribution < -0.4 is 0 Å². The lowest BCUT2D eigenvalue weighted by Crippen LogP contribution is -2.56. The number of fused-ring (bicyclic) bond motifs is 5. The number of carbonyl (C=O) groups is 2. The molecule has 0 radical (unpaired) electrons. The number of rotatable bonds is 4. The third-order valence-electron chi connectivity index (χ3n) is 7.90. The van der Waals surface area contributed by atoms with E-state index >= 15 is 0 Å². The van der Waals surface area contributed by atoms with Crippen molar-refractivity contribution >= 4 is 11.9 Å². The van der Waals surface area contributed by atoms with E-state index in [9.17, 15) is 9.59 Å². The van der Waals surface area contributed by atoms with Crippen LogP contribution >= 0.6 is 0 Å². The number of piperidine rings is 2. The molecule has 2 bridgehead atoms. The number of carbonyl (C=O) groups excluding carboxylic acids is 2. The van der Waals surface area contributed by atoms with Gasteiger partial charge >= 0.3 is 6.09 Å². The van der Waals surface area contributed by atoms with Gasteiger partial charge in [-0.1, -0.05) is 48.5 Å². The second-order valence-electron chi connectivity index (χ2n) is 10.0. The lowest BCUT2D eigenvalue weighted by atomic mass is 9.76. The molecule has 2 saturated heterocycles. The second-order valence-corrected chi connectivity index (χ2v) is 10.0. The molecule has 2 fully saturated rings. The van der Waals surface area contributed by atoms with Crippen LogP contribution in [0.25, 0.3) is 11.1 Å². The number of ether oxygens (including phenoxy) is 1. The van der Waals surface area contributed by atoms with Crippen molar-refractivity contribution < 1.29 is 14.3 Å². The Morgan fingerprint density at radius 2 is 1.57 bits per heavy atom. The summed E-state index contributed by atoms with van der Waals surface area (Å²) in [6.07, 6.45) is 7.18. The molecule has 0 saturated carbocycles. The first-order valence-electron chi connectivity index (χ1n) is 12.6. The summed E-state index contributed by atoms with van der Waals surface area (Å²) < 4.78 is 5.99. The average Bonchev–Trinajstić information content (AvgIpc) is 3.20. The van der Waals surface area contributed by atoms with E-state index in [1.54, 1.807) is 12.4 Å². The summed E-state index contributed by atoms with van der Waals surface area (Å²) in [5.74, 6) is -0.0328. The number of hydrogen-bond donors (Lipinski definition) is 0. The van der Waals surface area contributed by atoms with Gasteiger partial charge in [-0.2, -0.15) is 0 Å². The monoisotopic (exact) mass is 467 g/mol. The van der Waals surface area contributed by atoms with E-state index in [4.69, 9.17) is 4.74 Å². The molecule has 1 aromatic heterocycles. The highest BCUT2D eigenvalue weighted by atomic mass is 16.6.